The molecule has 0 aromatic heterocycles. The number of aryl methyl sites for hydroxylation is 1. The summed E-state index contributed by atoms with van der Waals surface area (Å²) in [5, 5.41) is 0. The molecule has 0 radical (unpaired) electrons. The number of rotatable bonds is 4. The van der Waals surface area contributed by atoms with Crippen molar-refractivity contribution in [1.82, 2.24) is 0 Å². The SMILES string of the molecule is CCc1ccc(SC)cc1C(=O)C(C)Br. The number of carbonyl (C=O) groups is 1. The molecule has 0 amide bonds. The average molecular weight is 287 g/mol. The fourth-order valence-corrected chi connectivity index (χ4v) is 2.12. The first kappa shape index (κ1) is 12.8. The second kappa shape index (κ2) is 5.71. The highest BCUT2D eigenvalue weighted by Gasteiger charge is 2.15. The fraction of sp³-hybridized carbons (Fsp3) is 0.417. The van der Waals surface area contributed by atoms with Crippen molar-refractivity contribution in [2.45, 2.75) is 30.0 Å². The van der Waals surface area contributed by atoms with E-state index < -0.39 is 0 Å². The van der Waals surface area contributed by atoms with Crippen LogP contribution in [0.5, 0.6) is 0 Å². The van der Waals surface area contributed by atoms with Gasteiger partial charge in [-0.15, -0.1) is 11.8 Å². The summed E-state index contributed by atoms with van der Waals surface area (Å²) in [7, 11) is 0. The summed E-state index contributed by atoms with van der Waals surface area (Å²) < 4.78 is 0. The molecule has 0 aliphatic rings. The zero-order chi connectivity index (χ0) is 11.4. The highest BCUT2D eigenvalue weighted by Crippen LogP contribution is 2.22. The largest absolute Gasteiger partial charge is 0.293 e. The van der Waals surface area contributed by atoms with Crippen molar-refractivity contribution in [2.75, 3.05) is 6.26 Å². The lowest BCUT2D eigenvalue weighted by molar-refractivity contribution is 0.0995. The van der Waals surface area contributed by atoms with E-state index in [1.165, 1.54) is 0 Å². The van der Waals surface area contributed by atoms with Gasteiger partial charge in [0, 0.05) is 10.5 Å². The van der Waals surface area contributed by atoms with Crippen LogP contribution in [0.15, 0.2) is 23.1 Å². The van der Waals surface area contributed by atoms with Crippen molar-refractivity contribution >= 4 is 33.5 Å². The molecule has 0 aliphatic carbocycles. The second-order valence-electron chi connectivity index (χ2n) is 3.36. The van der Waals surface area contributed by atoms with Gasteiger partial charge in [-0.25, -0.2) is 0 Å². The molecule has 1 atom stereocenters. The maximum absolute atomic E-state index is 11.9. The van der Waals surface area contributed by atoms with Crippen LogP contribution in [0.25, 0.3) is 0 Å². The summed E-state index contributed by atoms with van der Waals surface area (Å²) in [4.78, 5) is 13.0. The van der Waals surface area contributed by atoms with Crippen molar-refractivity contribution in [3.05, 3.63) is 29.3 Å². The third-order valence-electron chi connectivity index (χ3n) is 2.32. The van der Waals surface area contributed by atoms with Crippen molar-refractivity contribution in [3.8, 4) is 0 Å². The molecule has 15 heavy (non-hydrogen) atoms. The van der Waals surface area contributed by atoms with Gasteiger partial charge in [0.15, 0.2) is 5.78 Å². The quantitative estimate of drug-likeness (QED) is 0.474. The molecule has 3 heteroatoms. The van der Waals surface area contributed by atoms with Crippen LogP contribution in [0.4, 0.5) is 0 Å². The van der Waals surface area contributed by atoms with Gasteiger partial charge in [0.25, 0.3) is 0 Å². The van der Waals surface area contributed by atoms with E-state index >= 15 is 0 Å². The van der Waals surface area contributed by atoms with Gasteiger partial charge in [0.2, 0.25) is 0 Å². The lowest BCUT2D eigenvalue weighted by Crippen LogP contribution is -2.12. The van der Waals surface area contributed by atoms with Gasteiger partial charge in [0.05, 0.1) is 4.83 Å². The molecule has 0 heterocycles. The van der Waals surface area contributed by atoms with Crippen LogP contribution < -0.4 is 0 Å². The Hall–Kier alpha value is -0.280. The Morgan fingerprint density at radius 1 is 1.53 bits per heavy atom. The van der Waals surface area contributed by atoms with Crippen molar-refractivity contribution in [1.29, 1.82) is 0 Å². The molecular weight excluding hydrogens is 272 g/mol. The predicted molar refractivity (Wildman–Crippen MR) is 70.3 cm³/mol. The maximum atomic E-state index is 11.9. The smallest absolute Gasteiger partial charge is 0.176 e. The topological polar surface area (TPSA) is 17.1 Å². The minimum atomic E-state index is -0.111. The van der Waals surface area contributed by atoms with Crippen LogP contribution in [0.1, 0.15) is 29.8 Å². The highest BCUT2D eigenvalue weighted by molar-refractivity contribution is 9.10. The molecule has 0 aliphatic heterocycles. The molecule has 0 fully saturated rings. The van der Waals surface area contributed by atoms with Crippen molar-refractivity contribution in [3.63, 3.8) is 0 Å². The van der Waals surface area contributed by atoms with E-state index in [0.717, 1.165) is 22.4 Å². The lowest BCUT2D eigenvalue weighted by atomic mass is 10.0. The molecule has 0 bridgehead atoms. The zero-order valence-electron chi connectivity index (χ0n) is 9.21. The number of ketones is 1. The van der Waals surface area contributed by atoms with Crippen LogP contribution in [-0.4, -0.2) is 16.9 Å². The standard InChI is InChI=1S/C12H15BrOS/c1-4-9-5-6-10(15-3)7-11(9)12(14)8(2)13/h5-8H,4H2,1-3H3. The van der Waals surface area contributed by atoms with Gasteiger partial charge < -0.3 is 0 Å². The number of carbonyl (C=O) groups excluding carboxylic acids is 1. The van der Waals surface area contributed by atoms with Crippen LogP contribution in [0.2, 0.25) is 0 Å². The van der Waals surface area contributed by atoms with Gasteiger partial charge in [-0.2, -0.15) is 0 Å². The molecule has 0 N–H and O–H groups in total. The Morgan fingerprint density at radius 3 is 2.67 bits per heavy atom. The van der Waals surface area contributed by atoms with Crippen LogP contribution >= 0.6 is 27.7 Å². The van der Waals surface area contributed by atoms with Crippen LogP contribution in [-0.2, 0) is 6.42 Å². The van der Waals surface area contributed by atoms with E-state index in [4.69, 9.17) is 0 Å². The highest BCUT2D eigenvalue weighted by atomic mass is 79.9. The van der Waals surface area contributed by atoms with Crippen molar-refractivity contribution in [2.24, 2.45) is 0 Å². The molecule has 1 rings (SSSR count). The van der Waals surface area contributed by atoms with E-state index in [1.54, 1.807) is 11.8 Å². The minimum Gasteiger partial charge on any atom is -0.293 e. The molecule has 1 aromatic rings. The Balaban J connectivity index is 3.17. The second-order valence-corrected chi connectivity index (χ2v) is 5.61. The predicted octanol–water partition coefficient (Wildman–Crippen LogP) is 3.94. The molecule has 1 nitrogen and oxygen atoms in total. The Kier molecular flexibility index (Phi) is 4.87. The van der Waals surface area contributed by atoms with E-state index in [1.807, 2.05) is 19.2 Å². The number of benzene rings is 1. The molecular formula is C12H15BrOS. The first-order valence-electron chi connectivity index (χ1n) is 4.95. The molecule has 0 saturated heterocycles. The summed E-state index contributed by atoms with van der Waals surface area (Å²) >= 11 is 4.99. The van der Waals surface area contributed by atoms with Gasteiger partial charge in [0.1, 0.15) is 0 Å². The molecule has 82 valence electrons. The van der Waals surface area contributed by atoms with E-state index in [2.05, 4.69) is 35.0 Å². The number of hydrogen-bond acceptors (Lipinski definition) is 2. The normalized spacial score (nSPS) is 12.5. The van der Waals surface area contributed by atoms with Gasteiger partial charge in [-0.1, -0.05) is 28.9 Å². The van der Waals surface area contributed by atoms with E-state index in [-0.39, 0.29) is 10.6 Å². The first-order valence-corrected chi connectivity index (χ1v) is 7.09. The van der Waals surface area contributed by atoms with Gasteiger partial charge in [-0.05, 0) is 37.3 Å². The maximum Gasteiger partial charge on any atom is 0.176 e. The summed E-state index contributed by atoms with van der Waals surface area (Å²) in [5.74, 6) is 0.169. The summed E-state index contributed by atoms with van der Waals surface area (Å²) in [6, 6.07) is 6.11. The lowest BCUT2D eigenvalue weighted by Gasteiger charge is -2.10. The molecule has 0 saturated carbocycles. The number of thioether (sulfide) groups is 1. The van der Waals surface area contributed by atoms with Crippen LogP contribution in [0, 0.1) is 0 Å². The van der Waals surface area contributed by atoms with Gasteiger partial charge >= 0.3 is 0 Å². The number of halogens is 1. The number of hydrogen-bond donors (Lipinski definition) is 0. The third kappa shape index (κ3) is 3.08. The number of Topliss-reactive ketones (excluding diaryl/α,β-unsaturated/α-hetero) is 1. The Morgan fingerprint density at radius 2 is 2.20 bits per heavy atom. The first-order chi connectivity index (χ1) is 7.10. The molecule has 1 aromatic carbocycles. The van der Waals surface area contributed by atoms with E-state index in [9.17, 15) is 4.79 Å². The number of alkyl halides is 1. The molecule has 0 spiro atoms. The van der Waals surface area contributed by atoms with Gasteiger partial charge in [-0.3, -0.25) is 4.79 Å². The Labute approximate surface area is 104 Å². The van der Waals surface area contributed by atoms with Crippen LogP contribution in [0.3, 0.4) is 0 Å². The van der Waals surface area contributed by atoms with Crippen molar-refractivity contribution < 1.29 is 4.79 Å². The summed E-state index contributed by atoms with van der Waals surface area (Å²) in [6.07, 6.45) is 2.92. The monoisotopic (exact) mass is 286 g/mol. The molecule has 1 unspecified atom stereocenters. The third-order valence-corrected chi connectivity index (χ3v) is 3.47. The minimum absolute atomic E-state index is 0.111. The average Bonchev–Trinajstić information content (AvgIpc) is 2.27. The summed E-state index contributed by atoms with van der Waals surface area (Å²) in [6.45, 7) is 3.94. The zero-order valence-corrected chi connectivity index (χ0v) is 11.6. The summed E-state index contributed by atoms with van der Waals surface area (Å²) in [5.41, 5.74) is 1.98. The van der Waals surface area contributed by atoms with E-state index in [0.29, 0.717) is 0 Å². The fourth-order valence-electron chi connectivity index (χ4n) is 1.43. The Bertz CT molecular complexity index is 361.